The second-order valence-electron chi connectivity index (χ2n) is 8.22. The van der Waals surface area contributed by atoms with Gasteiger partial charge < -0.3 is 24.3 Å². The quantitative estimate of drug-likeness (QED) is 0.824. The van der Waals surface area contributed by atoms with Crippen molar-refractivity contribution in [3.05, 3.63) is 23.8 Å². The van der Waals surface area contributed by atoms with Crippen molar-refractivity contribution in [2.24, 2.45) is 0 Å². The lowest BCUT2D eigenvalue weighted by atomic mass is 9.76. The molecular weight excluding hydrogens is 331 g/mol. The third-order valence-corrected chi connectivity index (χ3v) is 5.57. The lowest BCUT2D eigenvalue weighted by molar-refractivity contribution is -0.00138. The number of benzene rings is 1. The second-order valence-corrected chi connectivity index (χ2v) is 8.22. The van der Waals surface area contributed by atoms with Crippen molar-refractivity contribution < 1.29 is 18.8 Å². The Bertz CT molecular complexity index is 676. The number of hydrogen-bond acceptors (Lipinski definition) is 4. The van der Waals surface area contributed by atoms with Gasteiger partial charge in [0.2, 0.25) is 0 Å². The molecule has 0 saturated carbocycles. The first-order chi connectivity index (χ1) is 12.1. The Balaban J connectivity index is 1.75. The van der Waals surface area contributed by atoms with Gasteiger partial charge in [-0.25, -0.2) is 4.79 Å². The van der Waals surface area contributed by atoms with Crippen molar-refractivity contribution >= 4 is 24.3 Å². The van der Waals surface area contributed by atoms with Crippen molar-refractivity contribution in [3.63, 3.8) is 0 Å². The lowest BCUT2D eigenvalue weighted by Gasteiger charge is -2.32. The molecule has 3 rings (SSSR count). The van der Waals surface area contributed by atoms with Gasteiger partial charge in [0.15, 0.2) is 0 Å². The van der Waals surface area contributed by atoms with Gasteiger partial charge in [0.25, 0.3) is 0 Å². The van der Waals surface area contributed by atoms with E-state index < -0.39 is 18.3 Å². The maximum Gasteiger partial charge on any atom is 0.495 e. The maximum atomic E-state index is 12.5. The van der Waals surface area contributed by atoms with Gasteiger partial charge in [-0.1, -0.05) is 11.6 Å². The van der Waals surface area contributed by atoms with E-state index in [-0.39, 0.29) is 12.1 Å². The number of ether oxygens (including phenoxy) is 1. The fourth-order valence-corrected chi connectivity index (χ4v) is 3.15. The fourth-order valence-electron chi connectivity index (χ4n) is 3.15. The Hall–Kier alpha value is -1.57. The predicted molar refractivity (Wildman–Crippen MR) is 103 cm³/mol. The molecule has 1 aromatic carbocycles. The molecule has 0 aromatic heterocycles. The van der Waals surface area contributed by atoms with E-state index in [0.717, 1.165) is 16.7 Å². The van der Waals surface area contributed by atoms with Gasteiger partial charge in [-0.3, -0.25) is 0 Å². The number of hydrogen-bond donors (Lipinski definition) is 1. The smallest absolute Gasteiger partial charge is 0.399 e. The Labute approximate surface area is 156 Å². The van der Waals surface area contributed by atoms with Gasteiger partial charge in [-0.2, -0.15) is 0 Å². The monoisotopic (exact) mass is 360 g/mol. The maximum absolute atomic E-state index is 12.5. The normalized spacial score (nSPS) is 24.6. The third-order valence-electron chi connectivity index (χ3n) is 5.57. The molecule has 1 N–H and O–H groups in total. The van der Waals surface area contributed by atoms with Crippen molar-refractivity contribution in [2.45, 2.75) is 58.8 Å². The summed E-state index contributed by atoms with van der Waals surface area (Å²) >= 11 is 0. The highest BCUT2D eigenvalue weighted by Crippen LogP contribution is 2.36. The minimum atomic E-state index is -0.444. The van der Waals surface area contributed by atoms with Crippen LogP contribution in [0.4, 0.5) is 10.5 Å². The molecule has 0 radical (unpaired) electrons. The molecule has 2 fully saturated rings. The summed E-state index contributed by atoms with van der Waals surface area (Å²) in [6, 6.07) is 5.73. The van der Waals surface area contributed by atoms with Crippen molar-refractivity contribution in [3.8, 4) is 0 Å². The van der Waals surface area contributed by atoms with E-state index in [1.165, 1.54) is 0 Å². The highest BCUT2D eigenvalue weighted by molar-refractivity contribution is 6.62. The van der Waals surface area contributed by atoms with Crippen LogP contribution < -0.4 is 10.8 Å². The van der Waals surface area contributed by atoms with E-state index in [1.54, 1.807) is 4.90 Å². The molecule has 0 spiro atoms. The largest absolute Gasteiger partial charge is 0.495 e. The number of carbonyl (C=O) groups excluding carboxylic acids is 1. The highest BCUT2D eigenvalue weighted by atomic mass is 16.7. The second kappa shape index (κ2) is 6.87. The van der Waals surface area contributed by atoms with E-state index in [2.05, 4.69) is 5.32 Å². The summed E-state index contributed by atoms with van der Waals surface area (Å²) in [6.45, 7) is 13.9. The molecule has 6 nitrogen and oxygen atoms in total. The van der Waals surface area contributed by atoms with Gasteiger partial charge in [0.1, 0.15) is 0 Å². The fraction of sp³-hybridized carbons (Fsp3) is 0.632. The lowest BCUT2D eigenvalue weighted by Crippen LogP contribution is -2.46. The number of rotatable bonds is 2. The average molecular weight is 360 g/mol. The molecule has 1 aromatic rings. The van der Waals surface area contributed by atoms with E-state index in [0.29, 0.717) is 19.7 Å². The molecule has 7 heteroatoms. The van der Waals surface area contributed by atoms with Crippen LogP contribution in [-0.2, 0) is 14.0 Å². The Morgan fingerprint density at radius 2 is 1.88 bits per heavy atom. The molecule has 26 heavy (non-hydrogen) atoms. The number of aryl methyl sites for hydroxylation is 1. The topological polar surface area (TPSA) is 60.0 Å². The van der Waals surface area contributed by atoms with E-state index in [9.17, 15) is 4.79 Å². The molecule has 0 aliphatic carbocycles. The van der Waals surface area contributed by atoms with Crippen LogP contribution >= 0.6 is 0 Å². The summed E-state index contributed by atoms with van der Waals surface area (Å²) in [5.41, 5.74) is 1.96. The molecule has 1 atom stereocenters. The van der Waals surface area contributed by atoms with Crippen LogP contribution in [0, 0.1) is 6.92 Å². The van der Waals surface area contributed by atoms with Crippen molar-refractivity contribution in [1.29, 1.82) is 0 Å². The Morgan fingerprint density at radius 3 is 2.50 bits per heavy atom. The highest BCUT2D eigenvalue weighted by Gasteiger charge is 2.52. The minimum Gasteiger partial charge on any atom is -0.399 e. The molecular formula is C19H29BN2O4. The van der Waals surface area contributed by atoms with Crippen LogP contribution in [0.5, 0.6) is 0 Å². The van der Waals surface area contributed by atoms with Crippen LogP contribution in [0.1, 0.15) is 40.2 Å². The number of carbonyl (C=O) groups is 1. The Kier molecular flexibility index (Phi) is 5.07. The van der Waals surface area contributed by atoms with Crippen molar-refractivity contribution in [1.82, 2.24) is 4.90 Å². The van der Waals surface area contributed by atoms with E-state index in [4.69, 9.17) is 14.0 Å². The molecule has 2 aliphatic heterocycles. The molecule has 2 amide bonds. The first-order valence-electron chi connectivity index (χ1n) is 9.23. The van der Waals surface area contributed by atoms with E-state index in [1.807, 2.05) is 59.7 Å². The molecule has 2 aliphatic rings. The van der Waals surface area contributed by atoms with Gasteiger partial charge in [0.05, 0.1) is 23.9 Å². The predicted octanol–water partition coefficient (Wildman–Crippen LogP) is 2.55. The van der Waals surface area contributed by atoms with Crippen LogP contribution in [0.2, 0.25) is 0 Å². The first-order valence-corrected chi connectivity index (χ1v) is 9.23. The number of amides is 2. The summed E-state index contributed by atoms with van der Waals surface area (Å²) in [5.74, 6) is 0. The zero-order valence-corrected chi connectivity index (χ0v) is 16.6. The van der Waals surface area contributed by atoms with Gasteiger partial charge in [-0.15, -0.1) is 0 Å². The number of nitrogens with one attached hydrogen (secondary N) is 1. The number of morpholine rings is 1. The number of urea groups is 1. The van der Waals surface area contributed by atoms with Crippen LogP contribution in [-0.4, -0.2) is 55.1 Å². The Morgan fingerprint density at radius 1 is 1.23 bits per heavy atom. The van der Waals surface area contributed by atoms with Crippen molar-refractivity contribution in [2.75, 3.05) is 25.0 Å². The summed E-state index contributed by atoms with van der Waals surface area (Å²) in [6.07, 6.45) is 0.0628. The van der Waals surface area contributed by atoms with Crippen LogP contribution in [0.15, 0.2) is 18.2 Å². The molecule has 2 saturated heterocycles. The minimum absolute atomic E-state index is 0.0628. The van der Waals surface area contributed by atoms with Crippen LogP contribution in [0.3, 0.4) is 0 Å². The summed E-state index contributed by atoms with van der Waals surface area (Å²) in [4.78, 5) is 14.3. The summed E-state index contributed by atoms with van der Waals surface area (Å²) in [7, 11) is -0.444. The summed E-state index contributed by atoms with van der Waals surface area (Å²) < 4.78 is 17.8. The SMILES string of the molecule is Cc1ccc(NC(=O)N2CCO[C@@H](C)C2)cc1B1OC(C)(C)C(C)(C)O1. The van der Waals surface area contributed by atoms with E-state index >= 15 is 0 Å². The van der Waals surface area contributed by atoms with Gasteiger partial charge in [0, 0.05) is 18.8 Å². The number of anilines is 1. The van der Waals surface area contributed by atoms with Gasteiger partial charge in [-0.05, 0) is 59.1 Å². The molecule has 0 bridgehead atoms. The molecule has 142 valence electrons. The zero-order chi connectivity index (χ0) is 19.1. The first kappa shape index (κ1) is 19.2. The standard InChI is InChI=1S/C19H29BN2O4/c1-13-7-8-15(21-17(23)22-9-10-24-14(2)12-22)11-16(13)20-25-18(3,4)19(5,6)26-20/h7-8,11,14H,9-10,12H2,1-6H3,(H,21,23)/t14-/m0/s1. The average Bonchev–Trinajstić information content (AvgIpc) is 2.77. The summed E-state index contributed by atoms with van der Waals surface area (Å²) in [5, 5.41) is 2.99. The van der Waals surface area contributed by atoms with Crippen LogP contribution in [0.25, 0.3) is 0 Å². The molecule has 0 unspecified atom stereocenters. The third kappa shape index (κ3) is 3.75. The number of nitrogens with zero attached hydrogens (tertiary/aromatic N) is 1. The zero-order valence-electron chi connectivity index (χ0n) is 16.6. The van der Waals surface area contributed by atoms with Gasteiger partial charge >= 0.3 is 13.1 Å². The molecule has 2 heterocycles.